The average Bonchev–Trinajstić information content (AvgIpc) is 2.43. The summed E-state index contributed by atoms with van der Waals surface area (Å²) in [7, 11) is 0. The number of carboxylic acids is 2. The van der Waals surface area contributed by atoms with E-state index in [2.05, 4.69) is 9.97 Å². The van der Waals surface area contributed by atoms with Gasteiger partial charge in [-0.3, -0.25) is 0 Å². The fourth-order valence-corrected chi connectivity index (χ4v) is 2.05. The van der Waals surface area contributed by atoms with Gasteiger partial charge in [0.2, 0.25) is 5.95 Å². The van der Waals surface area contributed by atoms with E-state index in [1.165, 1.54) is 18.2 Å². The molecule has 2 N–H and O–H groups in total. The zero-order valence-corrected chi connectivity index (χ0v) is 11.4. The number of carboxylic acid groups (broad SMARTS) is 2. The van der Waals surface area contributed by atoms with Crippen LogP contribution >= 0.6 is 11.6 Å². The van der Waals surface area contributed by atoms with Gasteiger partial charge < -0.3 is 10.2 Å². The van der Waals surface area contributed by atoms with Crippen LogP contribution in [0.3, 0.4) is 0 Å². The maximum atomic E-state index is 13.3. The van der Waals surface area contributed by atoms with Crippen LogP contribution in [0, 0.1) is 12.0 Å². The third kappa shape index (κ3) is 3.01. The number of benzene rings is 1. The number of hydrogen-bond donors (Lipinski definition) is 2. The lowest BCUT2D eigenvalue weighted by molar-refractivity contribution is 0.0696. The van der Waals surface area contributed by atoms with Gasteiger partial charge in [-0.05, 0) is 17.7 Å². The van der Waals surface area contributed by atoms with Gasteiger partial charge in [-0.1, -0.05) is 17.7 Å². The highest BCUT2D eigenvalue weighted by molar-refractivity contribution is 6.31. The van der Waals surface area contributed by atoms with Gasteiger partial charge in [-0.25, -0.2) is 14.6 Å². The largest absolute Gasteiger partial charge is 0.478 e. The minimum Gasteiger partial charge on any atom is -0.478 e. The Labute approximate surface area is 127 Å². The first-order valence-corrected chi connectivity index (χ1v) is 6.15. The van der Waals surface area contributed by atoms with Crippen LogP contribution in [0.1, 0.15) is 32.0 Å². The molecule has 0 saturated carbocycles. The number of aromatic nitrogens is 2. The second kappa shape index (κ2) is 6.02. The first-order chi connectivity index (χ1) is 10.3. The molecular formula is C13H7ClF2N2O4. The Kier molecular flexibility index (Phi) is 4.32. The first kappa shape index (κ1) is 15.8. The number of halogens is 3. The molecule has 0 aliphatic heterocycles. The molecule has 0 unspecified atom stereocenters. The predicted octanol–water partition coefficient (Wildman–Crippen LogP) is 2.40. The fraction of sp³-hybridized carbons (Fsp3) is 0.0769. The lowest BCUT2D eigenvalue weighted by Crippen LogP contribution is -2.12. The lowest BCUT2D eigenvalue weighted by atomic mass is 9.96. The molecule has 9 heteroatoms. The van der Waals surface area contributed by atoms with Gasteiger partial charge in [0.15, 0.2) is 0 Å². The first-order valence-electron chi connectivity index (χ1n) is 5.77. The molecule has 0 fully saturated rings. The van der Waals surface area contributed by atoms with Crippen LogP contribution in [0.5, 0.6) is 0 Å². The minimum absolute atomic E-state index is 0.165. The van der Waals surface area contributed by atoms with Gasteiger partial charge in [0.05, 0.1) is 16.8 Å². The molecule has 2 rings (SSSR count). The molecule has 0 spiro atoms. The maximum absolute atomic E-state index is 13.3. The molecule has 0 saturated heterocycles. The van der Waals surface area contributed by atoms with E-state index in [0.717, 1.165) is 0 Å². The van der Waals surface area contributed by atoms with Crippen molar-refractivity contribution in [3.8, 4) is 0 Å². The number of rotatable bonds is 4. The van der Waals surface area contributed by atoms with Crippen LogP contribution in [-0.2, 0) is 6.42 Å². The van der Waals surface area contributed by atoms with Crippen LogP contribution in [-0.4, -0.2) is 32.1 Å². The number of nitrogens with zero attached hydrogens (tertiary/aromatic N) is 2. The fourth-order valence-electron chi connectivity index (χ4n) is 1.90. The minimum atomic E-state index is -1.39. The lowest BCUT2D eigenvalue weighted by Gasteiger charge is -2.10. The topological polar surface area (TPSA) is 100 Å². The van der Waals surface area contributed by atoms with Crippen molar-refractivity contribution in [3.63, 3.8) is 0 Å². The van der Waals surface area contributed by atoms with Gasteiger partial charge in [-0.15, -0.1) is 0 Å². The molecule has 0 bridgehead atoms. The number of aromatic carboxylic acids is 2. The van der Waals surface area contributed by atoms with Crippen molar-refractivity contribution in [1.82, 2.24) is 9.97 Å². The molecule has 0 amide bonds. The van der Waals surface area contributed by atoms with Crippen LogP contribution < -0.4 is 0 Å². The summed E-state index contributed by atoms with van der Waals surface area (Å²) in [6.07, 6.45) is -1.86. The van der Waals surface area contributed by atoms with Gasteiger partial charge in [0, 0.05) is 6.42 Å². The Morgan fingerprint density at radius 2 is 1.64 bits per heavy atom. The van der Waals surface area contributed by atoms with Crippen LogP contribution in [0.2, 0.25) is 5.02 Å². The molecule has 2 aromatic rings. The summed E-state index contributed by atoms with van der Waals surface area (Å²) in [6.45, 7) is 0. The van der Waals surface area contributed by atoms with E-state index in [0.29, 0.717) is 0 Å². The zero-order chi connectivity index (χ0) is 16.4. The van der Waals surface area contributed by atoms with Crippen molar-refractivity contribution < 1.29 is 28.6 Å². The van der Waals surface area contributed by atoms with Crippen LogP contribution in [0.4, 0.5) is 8.78 Å². The van der Waals surface area contributed by atoms with Crippen molar-refractivity contribution in [2.45, 2.75) is 6.42 Å². The van der Waals surface area contributed by atoms with Gasteiger partial charge in [-0.2, -0.15) is 13.8 Å². The Morgan fingerprint density at radius 1 is 1.09 bits per heavy atom. The summed E-state index contributed by atoms with van der Waals surface area (Å²) in [4.78, 5) is 28.5. The Morgan fingerprint density at radius 3 is 2.14 bits per heavy atom. The monoisotopic (exact) mass is 328 g/mol. The van der Waals surface area contributed by atoms with Gasteiger partial charge in [0.25, 0.3) is 0 Å². The van der Waals surface area contributed by atoms with Crippen molar-refractivity contribution in [1.29, 1.82) is 0 Å². The summed E-state index contributed by atoms with van der Waals surface area (Å²) >= 11 is 5.62. The molecular weight excluding hydrogens is 322 g/mol. The van der Waals surface area contributed by atoms with Gasteiger partial charge in [0.1, 0.15) is 5.02 Å². The second-order valence-electron chi connectivity index (χ2n) is 4.16. The van der Waals surface area contributed by atoms with E-state index in [-0.39, 0.29) is 22.4 Å². The molecule has 6 nitrogen and oxygen atoms in total. The highest BCUT2D eigenvalue weighted by atomic mass is 35.5. The average molecular weight is 329 g/mol. The summed E-state index contributed by atoms with van der Waals surface area (Å²) < 4.78 is 26.4. The molecule has 114 valence electrons. The number of hydrogen-bond acceptors (Lipinski definition) is 4. The standard InChI is InChI=1S/C13H7ClF2N2O4/c14-9-8(17-13(16)18-10(9)15)4-7-5(11(19)20)2-1-3-6(7)12(21)22/h1-3H,4H2,(H,19,20)(H,21,22). The summed E-state index contributed by atoms with van der Waals surface area (Å²) in [6, 6.07) is 3.59. The highest BCUT2D eigenvalue weighted by Gasteiger charge is 2.21. The van der Waals surface area contributed by atoms with E-state index < -0.39 is 35.4 Å². The number of carbonyl (C=O) groups is 2. The molecule has 0 atom stereocenters. The van der Waals surface area contributed by atoms with E-state index in [4.69, 9.17) is 21.8 Å². The van der Waals surface area contributed by atoms with E-state index >= 15 is 0 Å². The third-order valence-electron chi connectivity index (χ3n) is 2.83. The molecule has 1 aromatic heterocycles. The summed E-state index contributed by atoms with van der Waals surface area (Å²) in [5.41, 5.74) is -1.16. The van der Waals surface area contributed by atoms with Crippen molar-refractivity contribution in [2.24, 2.45) is 0 Å². The second-order valence-corrected chi connectivity index (χ2v) is 4.54. The predicted molar refractivity (Wildman–Crippen MR) is 70.1 cm³/mol. The Hall–Kier alpha value is -2.61. The highest BCUT2D eigenvalue weighted by Crippen LogP contribution is 2.24. The molecule has 1 heterocycles. The molecule has 0 aliphatic rings. The van der Waals surface area contributed by atoms with E-state index in [1.54, 1.807) is 0 Å². The quantitative estimate of drug-likeness (QED) is 0.660. The van der Waals surface area contributed by atoms with Crippen molar-refractivity contribution in [3.05, 3.63) is 57.6 Å². The van der Waals surface area contributed by atoms with E-state index in [1.807, 2.05) is 0 Å². The molecule has 0 radical (unpaired) electrons. The Bertz CT molecular complexity index is 751. The molecule has 1 aromatic carbocycles. The normalized spacial score (nSPS) is 10.5. The summed E-state index contributed by atoms with van der Waals surface area (Å²) in [5, 5.41) is 17.6. The zero-order valence-electron chi connectivity index (χ0n) is 10.7. The van der Waals surface area contributed by atoms with E-state index in [9.17, 15) is 18.4 Å². The smallest absolute Gasteiger partial charge is 0.336 e. The van der Waals surface area contributed by atoms with Crippen LogP contribution in [0.25, 0.3) is 0 Å². The Balaban J connectivity index is 2.63. The van der Waals surface area contributed by atoms with Crippen molar-refractivity contribution >= 4 is 23.5 Å². The van der Waals surface area contributed by atoms with Crippen molar-refractivity contribution in [2.75, 3.05) is 0 Å². The molecule has 22 heavy (non-hydrogen) atoms. The summed E-state index contributed by atoms with van der Waals surface area (Å²) in [5.74, 6) is -4.08. The van der Waals surface area contributed by atoms with Crippen LogP contribution in [0.15, 0.2) is 18.2 Å². The SMILES string of the molecule is O=C(O)c1cccc(C(=O)O)c1Cc1nc(F)nc(F)c1Cl. The van der Waals surface area contributed by atoms with Gasteiger partial charge >= 0.3 is 18.0 Å². The third-order valence-corrected chi connectivity index (χ3v) is 3.21. The maximum Gasteiger partial charge on any atom is 0.336 e. The molecule has 0 aliphatic carbocycles.